The molecule has 2 N–H and O–H groups in total. The number of nitrogens with zero attached hydrogens (tertiary/aromatic N) is 5. The highest BCUT2D eigenvalue weighted by Crippen LogP contribution is 2.38. The normalized spacial score (nSPS) is 14.4. The second kappa shape index (κ2) is 13.4. The molecule has 0 saturated carbocycles. The van der Waals surface area contributed by atoms with Crippen molar-refractivity contribution in [1.82, 2.24) is 24.5 Å². The molecule has 2 aromatic heterocycles. The number of fused-ring (bicyclic) bond motifs is 1. The van der Waals surface area contributed by atoms with Gasteiger partial charge in [0.2, 0.25) is 17.8 Å². The Morgan fingerprint density at radius 1 is 1.02 bits per heavy atom. The van der Waals surface area contributed by atoms with Crippen LogP contribution in [-0.4, -0.2) is 64.3 Å². The van der Waals surface area contributed by atoms with Crippen LogP contribution in [0.25, 0.3) is 5.65 Å². The number of anilines is 4. The first-order valence-electron chi connectivity index (χ1n) is 15.5. The predicted molar refractivity (Wildman–Crippen MR) is 176 cm³/mol. The van der Waals surface area contributed by atoms with Gasteiger partial charge in [0.25, 0.3) is 0 Å². The van der Waals surface area contributed by atoms with Gasteiger partial charge in [0, 0.05) is 25.6 Å². The molecule has 12 heteroatoms. The number of sulfone groups is 1. The molecule has 0 spiro atoms. The topological polar surface area (TPSA) is 131 Å². The van der Waals surface area contributed by atoms with Gasteiger partial charge in [-0.1, -0.05) is 26.0 Å². The monoisotopic (exact) mass is 633 g/mol. The number of hydrogen-bond acceptors (Lipinski definition) is 9. The second-order valence-corrected chi connectivity index (χ2v) is 14.8. The van der Waals surface area contributed by atoms with Crippen molar-refractivity contribution in [3.05, 3.63) is 59.8 Å². The summed E-state index contributed by atoms with van der Waals surface area (Å²) in [5.74, 6) is 2.37. The highest BCUT2D eigenvalue weighted by molar-refractivity contribution is 7.92. The first-order chi connectivity index (χ1) is 21.5. The molecule has 240 valence electrons. The molecule has 11 nitrogen and oxygen atoms in total. The fraction of sp³-hybridized carbons (Fsp3) is 0.455. The van der Waals surface area contributed by atoms with Gasteiger partial charge in [-0.25, -0.2) is 8.42 Å². The van der Waals surface area contributed by atoms with Crippen molar-refractivity contribution >= 4 is 44.7 Å². The first kappa shape index (κ1) is 32.2. The molecular formula is C33H43N7O4S. The Balaban J connectivity index is 1.38. The number of methoxy groups -OCH3 is 1. The number of nitrogens with one attached hydrogen (secondary N) is 2. The number of amides is 1. The maximum atomic E-state index is 13.1. The Morgan fingerprint density at radius 3 is 2.44 bits per heavy atom. The van der Waals surface area contributed by atoms with Crippen LogP contribution >= 0.6 is 0 Å². The number of aromatic nitrogens is 4. The number of ether oxygens (including phenoxy) is 1. The molecule has 1 aliphatic rings. The predicted octanol–water partition coefficient (Wildman–Crippen LogP) is 6.25. The average molecular weight is 634 g/mol. The maximum Gasteiger partial charge on any atom is 0.233 e. The number of benzene rings is 2. The Morgan fingerprint density at radius 2 is 1.76 bits per heavy atom. The molecule has 1 amide bonds. The van der Waals surface area contributed by atoms with Crippen molar-refractivity contribution in [3.63, 3.8) is 0 Å². The second-order valence-electron chi connectivity index (χ2n) is 12.3. The summed E-state index contributed by atoms with van der Waals surface area (Å²) < 4.78 is 33.5. The molecule has 1 fully saturated rings. The van der Waals surface area contributed by atoms with Crippen molar-refractivity contribution in [3.8, 4) is 5.75 Å². The van der Waals surface area contributed by atoms with Gasteiger partial charge >= 0.3 is 0 Å². The molecule has 1 saturated heterocycles. The third kappa shape index (κ3) is 7.06. The summed E-state index contributed by atoms with van der Waals surface area (Å²) in [5.41, 5.74) is 3.96. The average Bonchev–Trinajstić information content (AvgIpc) is 3.49. The van der Waals surface area contributed by atoms with Crippen LogP contribution in [-0.2, 0) is 14.6 Å². The summed E-state index contributed by atoms with van der Waals surface area (Å²) in [6, 6.07) is 12.6. The van der Waals surface area contributed by atoms with Gasteiger partial charge in [-0.2, -0.15) is 19.6 Å². The van der Waals surface area contributed by atoms with Gasteiger partial charge in [-0.05, 0) is 87.3 Å². The van der Waals surface area contributed by atoms with E-state index in [1.165, 1.54) is 10.1 Å². The summed E-state index contributed by atoms with van der Waals surface area (Å²) in [5, 5.41) is 10.2. The van der Waals surface area contributed by atoms with Crippen LogP contribution in [0.2, 0.25) is 0 Å². The largest absolute Gasteiger partial charge is 0.495 e. The van der Waals surface area contributed by atoms with Gasteiger partial charge in [0.05, 0.1) is 34.8 Å². The number of carbonyl (C=O) groups is 1. The molecular weight excluding hydrogens is 590 g/mol. The lowest BCUT2D eigenvalue weighted by Crippen LogP contribution is -2.38. The van der Waals surface area contributed by atoms with Gasteiger partial charge in [0.1, 0.15) is 5.75 Å². The number of carbonyl (C=O) groups excluding carboxylic acids is 1. The van der Waals surface area contributed by atoms with Crippen LogP contribution in [0.15, 0.2) is 53.6 Å². The standard InChI is InChI=1S/C33H43N7O4S/c1-21(2)11-12-31(41)39-17-14-24(15-18-39)25-20-28(44-6)27(19-23(25)5)35-32-37-30-13-16-34-40(30)33(38-32)36-26-9-7-8-10-29(26)45(42,43)22(3)4/h7-10,13,16,19-22,24H,11-12,14-15,17-18H2,1-6H3,(H2,35,36,37,38). The molecule has 1 aliphatic heterocycles. The smallest absolute Gasteiger partial charge is 0.233 e. The van der Waals surface area contributed by atoms with Crippen molar-refractivity contribution in [2.45, 2.75) is 76.4 Å². The molecule has 45 heavy (non-hydrogen) atoms. The zero-order valence-electron chi connectivity index (χ0n) is 26.9. The van der Waals surface area contributed by atoms with E-state index >= 15 is 0 Å². The van der Waals surface area contributed by atoms with Crippen molar-refractivity contribution < 1.29 is 17.9 Å². The Hall–Kier alpha value is -4.19. The highest BCUT2D eigenvalue weighted by atomic mass is 32.2. The zero-order valence-corrected chi connectivity index (χ0v) is 27.7. The minimum atomic E-state index is -3.55. The van der Waals surface area contributed by atoms with E-state index in [1.807, 2.05) is 11.0 Å². The van der Waals surface area contributed by atoms with Crippen LogP contribution < -0.4 is 15.4 Å². The summed E-state index contributed by atoms with van der Waals surface area (Å²) in [4.78, 5) is 24.2. The van der Waals surface area contributed by atoms with E-state index in [0.717, 1.165) is 37.9 Å². The zero-order chi connectivity index (χ0) is 32.3. The quantitative estimate of drug-likeness (QED) is 0.197. The van der Waals surface area contributed by atoms with Crippen molar-refractivity contribution in [2.24, 2.45) is 5.92 Å². The fourth-order valence-electron chi connectivity index (χ4n) is 5.70. The van der Waals surface area contributed by atoms with Gasteiger partial charge in [0.15, 0.2) is 15.5 Å². The van der Waals surface area contributed by atoms with E-state index in [-0.39, 0.29) is 10.8 Å². The molecule has 0 radical (unpaired) electrons. The molecule has 4 aromatic rings. The number of aryl methyl sites for hydroxylation is 1. The minimum Gasteiger partial charge on any atom is -0.495 e. The Kier molecular flexibility index (Phi) is 9.62. The molecule has 3 heterocycles. The lowest BCUT2D eigenvalue weighted by atomic mass is 9.86. The SMILES string of the molecule is COc1cc(C2CCN(C(=O)CCC(C)C)CC2)c(C)cc1Nc1nc(Nc2ccccc2S(=O)(=O)C(C)C)n2nccc2n1. The lowest BCUT2D eigenvalue weighted by Gasteiger charge is -2.33. The molecule has 2 aromatic carbocycles. The van der Waals surface area contributed by atoms with Gasteiger partial charge in [-0.3, -0.25) is 4.79 Å². The van der Waals surface area contributed by atoms with Crippen LogP contribution in [0.5, 0.6) is 5.75 Å². The van der Waals surface area contributed by atoms with Crippen LogP contribution in [0.4, 0.5) is 23.3 Å². The van der Waals surface area contributed by atoms with Gasteiger partial charge in [-0.15, -0.1) is 0 Å². The number of likely N-dealkylation sites (tertiary alicyclic amines) is 1. The molecule has 0 aliphatic carbocycles. The van der Waals surface area contributed by atoms with Crippen LogP contribution in [0, 0.1) is 12.8 Å². The molecule has 0 atom stereocenters. The molecule has 0 bridgehead atoms. The number of piperidine rings is 1. The van der Waals surface area contributed by atoms with Gasteiger partial charge < -0.3 is 20.3 Å². The number of para-hydroxylation sites is 1. The van der Waals surface area contributed by atoms with E-state index in [2.05, 4.69) is 52.5 Å². The maximum absolute atomic E-state index is 13.1. The highest BCUT2D eigenvalue weighted by Gasteiger charge is 2.26. The molecule has 5 rings (SSSR count). The van der Waals surface area contributed by atoms with E-state index in [4.69, 9.17) is 4.74 Å². The first-order valence-corrected chi connectivity index (χ1v) is 17.1. The summed E-state index contributed by atoms with van der Waals surface area (Å²) in [6.45, 7) is 11.2. The summed E-state index contributed by atoms with van der Waals surface area (Å²) in [7, 11) is -1.92. The van der Waals surface area contributed by atoms with E-state index in [1.54, 1.807) is 57.5 Å². The third-order valence-corrected chi connectivity index (χ3v) is 10.6. The van der Waals surface area contributed by atoms with E-state index in [0.29, 0.717) is 52.9 Å². The minimum absolute atomic E-state index is 0.187. The van der Waals surface area contributed by atoms with Crippen LogP contribution in [0.3, 0.4) is 0 Å². The van der Waals surface area contributed by atoms with E-state index in [9.17, 15) is 13.2 Å². The number of rotatable bonds is 11. The van der Waals surface area contributed by atoms with E-state index < -0.39 is 15.1 Å². The van der Waals surface area contributed by atoms with Crippen molar-refractivity contribution in [2.75, 3.05) is 30.8 Å². The Bertz CT molecular complexity index is 1780. The van der Waals surface area contributed by atoms with Crippen molar-refractivity contribution in [1.29, 1.82) is 0 Å². The van der Waals surface area contributed by atoms with Crippen LogP contribution in [0.1, 0.15) is 70.4 Å². The third-order valence-electron chi connectivity index (χ3n) is 8.37. The molecule has 0 unspecified atom stereocenters. The lowest BCUT2D eigenvalue weighted by molar-refractivity contribution is -0.132. The number of hydrogen-bond donors (Lipinski definition) is 2. The Labute approximate surface area is 265 Å². The summed E-state index contributed by atoms with van der Waals surface area (Å²) >= 11 is 0. The summed E-state index contributed by atoms with van der Waals surface area (Å²) in [6.07, 6.45) is 4.97. The fourth-order valence-corrected chi connectivity index (χ4v) is 6.90.